The summed E-state index contributed by atoms with van der Waals surface area (Å²) in [6.45, 7) is 0. The molecule has 0 spiro atoms. The summed E-state index contributed by atoms with van der Waals surface area (Å²) in [4.78, 5) is 12.7. The minimum absolute atomic E-state index is 0.135. The van der Waals surface area contributed by atoms with E-state index < -0.39 is 31.7 Å². The number of benzene rings is 4. The van der Waals surface area contributed by atoms with E-state index in [1.165, 1.54) is 0 Å². The van der Waals surface area contributed by atoms with Crippen molar-refractivity contribution in [1.29, 1.82) is 26.3 Å². The van der Waals surface area contributed by atoms with Gasteiger partial charge in [0.15, 0.2) is 23.4 Å². The van der Waals surface area contributed by atoms with E-state index in [0.717, 1.165) is 13.6 Å². The SMILES string of the molecule is N#CN1P(C#N)N=P(C#N)(C#N)N(Oc2ccccc2)[P+](C#N)(Oc2ccccc2)N(Oc2ccccc2)P1Oc1ccccc1. The summed E-state index contributed by atoms with van der Waals surface area (Å²) < 4.78 is 20.1. The highest BCUT2D eigenvalue weighted by Crippen LogP contribution is 2.84. The number of rotatable bonds is 8. The fraction of sp³-hybridized carbons (Fsp3) is 0. The lowest BCUT2D eigenvalue weighted by Crippen LogP contribution is -2.40. The maximum absolute atomic E-state index is 11.3. The molecule has 3 unspecified atom stereocenters. The third kappa shape index (κ3) is 6.57. The van der Waals surface area contributed by atoms with Gasteiger partial charge in [-0.15, -0.1) is 5.26 Å². The van der Waals surface area contributed by atoms with Gasteiger partial charge in [0.1, 0.15) is 32.4 Å². The zero-order valence-corrected chi connectivity index (χ0v) is 27.1. The molecule has 224 valence electrons. The van der Waals surface area contributed by atoms with Gasteiger partial charge < -0.3 is 14.2 Å². The molecule has 1 aliphatic rings. The van der Waals surface area contributed by atoms with Crippen LogP contribution in [0.4, 0.5) is 0 Å². The van der Waals surface area contributed by atoms with E-state index in [1.807, 2.05) is 23.6 Å². The van der Waals surface area contributed by atoms with Gasteiger partial charge >= 0.3 is 29.3 Å². The van der Waals surface area contributed by atoms with Crippen molar-refractivity contribution in [3.63, 3.8) is 0 Å². The van der Waals surface area contributed by atoms with Gasteiger partial charge in [-0.25, -0.2) is 0 Å². The molecule has 0 saturated carbocycles. The highest BCUT2D eigenvalue weighted by atomic mass is 31.3. The van der Waals surface area contributed by atoms with Crippen molar-refractivity contribution in [3.8, 4) is 52.4 Å². The van der Waals surface area contributed by atoms with Crippen LogP contribution in [0.25, 0.3) is 0 Å². The first kappa shape index (κ1) is 32.2. The topological polar surface area (TPSA) is 178 Å². The summed E-state index contributed by atoms with van der Waals surface area (Å²) in [6, 6.07) is 33.1. The summed E-state index contributed by atoms with van der Waals surface area (Å²) in [6.07, 6.45) is 1.96. The molecule has 0 radical (unpaired) electrons. The monoisotopic (exact) mass is 682 g/mol. The highest BCUT2D eigenvalue weighted by molar-refractivity contribution is 7.93. The first-order valence-electron chi connectivity index (χ1n) is 13.0. The van der Waals surface area contributed by atoms with Crippen LogP contribution in [0.1, 0.15) is 0 Å². The van der Waals surface area contributed by atoms with Crippen LogP contribution < -0.4 is 18.7 Å². The summed E-state index contributed by atoms with van der Waals surface area (Å²) in [7, 11) is -14.1. The first-order chi connectivity index (χ1) is 22.5. The van der Waals surface area contributed by atoms with Gasteiger partial charge in [0, 0.05) is 0 Å². The van der Waals surface area contributed by atoms with Gasteiger partial charge in [0.2, 0.25) is 8.22 Å². The van der Waals surface area contributed by atoms with E-state index in [2.05, 4.69) is 10.3 Å². The predicted molar refractivity (Wildman–Crippen MR) is 172 cm³/mol. The van der Waals surface area contributed by atoms with Crippen molar-refractivity contribution in [2.24, 2.45) is 4.52 Å². The predicted octanol–water partition coefficient (Wildman–Crippen LogP) is 8.87. The smallest absolute Gasteiger partial charge is 0.436 e. The van der Waals surface area contributed by atoms with Gasteiger partial charge in [-0.05, 0) is 48.5 Å². The number of para-hydroxylation sites is 4. The number of hydrogen-bond acceptors (Lipinski definition) is 13. The van der Waals surface area contributed by atoms with Gasteiger partial charge in [-0.2, -0.15) is 30.0 Å². The molecule has 3 atom stereocenters. The number of nitriles is 5. The summed E-state index contributed by atoms with van der Waals surface area (Å²) in [5.74, 6) is 8.74. The molecule has 46 heavy (non-hydrogen) atoms. The maximum atomic E-state index is 11.3. The summed E-state index contributed by atoms with van der Waals surface area (Å²) in [5, 5.41) is 53.5. The first-order valence-corrected chi connectivity index (χ1v) is 18.7. The Labute approximate surface area is 268 Å². The lowest BCUT2D eigenvalue weighted by molar-refractivity contribution is 0.0630. The molecule has 17 heteroatoms. The Kier molecular flexibility index (Phi) is 10.3. The van der Waals surface area contributed by atoms with Crippen LogP contribution in [0.2, 0.25) is 0 Å². The van der Waals surface area contributed by atoms with Gasteiger partial charge in [-0.3, -0.25) is 4.52 Å². The average molecular weight is 682 g/mol. The molecule has 1 heterocycles. The van der Waals surface area contributed by atoms with Crippen LogP contribution in [-0.2, 0) is 0 Å². The third-order valence-corrected chi connectivity index (χ3v) is 15.9. The molecule has 0 aromatic heterocycles. The van der Waals surface area contributed by atoms with E-state index in [-0.39, 0.29) is 23.0 Å². The van der Waals surface area contributed by atoms with E-state index >= 15 is 0 Å². The van der Waals surface area contributed by atoms with E-state index in [9.17, 15) is 26.3 Å². The fourth-order valence-electron chi connectivity index (χ4n) is 3.77. The second-order valence-corrected chi connectivity index (χ2v) is 17.1. The fourth-order valence-corrected chi connectivity index (χ4v) is 14.3. The van der Waals surface area contributed by atoms with Crippen LogP contribution in [0.3, 0.4) is 0 Å². The Balaban J connectivity index is 1.89. The van der Waals surface area contributed by atoms with E-state index in [0.29, 0.717) is 0 Å². The van der Waals surface area contributed by atoms with Crippen molar-refractivity contribution in [2.75, 3.05) is 0 Å². The molecule has 0 bridgehead atoms. The summed E-state index contributed by atoms with van der Waals surface area (Å²) in [5.41, 5.74) is 0. The van der Waals surface area contributed by atoms with Crippen LogP contribution in [0, 0.1) is 55.7 Å². The molecule has 0 fully saturated rings. The molecular formula is C29H20N9O4P4+. The molecule has 4 aromatic carbocycles. The van der Waals surface area contributed by atoms with Crippen LogP contribution in [-0.4, -0.2) is 13.6 Å². The maximum Gasteiger partial charge on any atom is 0.525 e. The molecular weight excluding hydrogens is 662 g/mol. The quantitative estimate of drug-likeness (QED) is 0.127. The normalized spacial score (nSPS) is 20.7. The zero-order valence-electron chi connectivity index (χ0n) is 23.5. The number of nitrogens with zero attached hydrogens (tertiary/aromatic N) is 9. The summed E-state index contributed by atoms with van der Waals surface area (Å²) >= 11 is 0. The molecule has 0 aliphatic carbocycles. The Hall–Kier alpha value is -5.23. The molecule has 0 N–H and O–H groups in total. The van der Waals surface area contributed by atoms with E-state index in [4.69, 9.17) is 18.7 Å². The molecule has 1 aliphatic heterocycles. The molecule has 13 nitrogen and oxygen atoms in total. The molecule has 4 aromatic rings. The molecule has 5 rings (SSSR count). The minimum atomic E-state index is -4.50. The van der Waals surface area contributed by atoms with Crippen LogP contribution in [0.15, 0.2) is 126 Å². The minimum Gasteiger partial charge on any atom is -0.436 e. The van der Waals surface area contributed by atoms with Gasteiger partial charge in [0.25, 0.3) is 0 Å². The van der Waals surface area contributed by atoms with Crippen molar-refractivity contribution >= 4 is 31.7 Å². The van der Waals surface area contributed by atoms with Crippen molar-refractivity contribution < 1.29 is 18.7 Å². The highest BCUT2D eigenvalue weighted by Gasteiger charge is 2.74. The Morgan fingerprint density at radius 2 is 1.11 bits per heavy atom. The second kappa shape index (κ2) is 14.7. The van der Waals surface area contributed by atoms with Crippen molar-refractivity contribution in [3.05, 3.63) is 121 Å². The Morgan fingerprint density at radius 1 is 0.630 bits per heavy atom. The van der Waals surface area contributed by atoms with Crippen LogP contribution in [0.5, 0.6) is 23.0 Å². The van der Waals surface area contributed by atoms with Crippen molar-refractivity contribution in [1.82, 2.24) is 13.6 Å². The zero-order chi connectivity index (χ0) is 32.4. The average Bonchev–Trinajstić information content (AvgIpc) is 3.12. The van der Waals surface area contributed by atoms with Crippen LogP contribution >= 0.6 is 31.7 Å². The van der Waals surface area contributed by atoms with Gasteiger partial charge in [0.05, 0.1) is 0 Å². The van der Waals surface area contributed by atoms with E-state index in [1.54, 1.807) is 121 Å². The largest absolute Gasteiger partial charge is 0.525 e. The third-order valence-electron chi connectivity index (χ3n) is 5.77. The Morgan fingerprint density at radius 3 is 1.57 bits per heavy atom. The van der Waals surface area contributed by atoms with Gasteiger partial charge in [-0.1, -0.05) is 72.8 Å². The molecule has 0 amide bonds. The Bertz CT molecular complexity index is 1910. The second-order valence-electron chi connectivity index (χ2n) is 8.69. The lowest BCUT2D eigenvalue weighted by Gasteiger charge is -2.39. The standard InChI is InChI=1S/C29H20N9O4P4/c30-21-36-43(22-31)35-45(23-32,24-33)38(40-27-15-7-2-8-16-27)46(25-34,42-29-19-11-4-12-20-29)37(39-26-13-5-1-6-14-26)44(36)41-28-17-9-3-10-18-28/h1-20H/q+1. The number of hydrogen-bond donors (Lipinski definition) is 0. The van der Waals surface area contributed by atoms with Crippen molar-refractivity contribution in [2.45, 2.75) is 0 Å². The molecule has 0 saturated heterocycles. The lowest BCUT2D eigenvalue weighted by atomic mass is 10.3.